The number of nitrogens with zero attached hydrogens (tertiary/aromatic N) is 3. The highest BCUT2D eigenvalue weighted by Gasteiger charge is 2.18. The van der Waals surface area contributed by atoms with Gasteiger partial charge in [-0.25, -0.2) is 4.68 Å². The van der Waals surface area contributed by atoms with E-state index in [2.05, 4.69) is 29.9 Å². The number of aryl methyl sites for hydroxylation is 1. The summed E-state index contributed by atoms with van der Waals surface area (Å²) < 4.78 is 1.53. The molecule has 0 saturated heterocycles. The van der Waals surface area contributed by atoms with Gasteiger partial charge in [-0.2, -0.15) is 0 Å². The van der Waals surface area contributed by atoms with Crippen molar-refractivity contribution >= 4 is 12.6 Å². The standard InChI is InChI=1S/C16H15N3O2S/c1-2-10-5-3-4-6-12(10)15-16(22)17-18-19(15)13-8-7-11(20)9-14(13)21/h3-9,20-22H,2H2,1H3. The van der Waals surface area contributed by atoms with Gasteiger partial charge in [0.15, 0.2) is 0 Å². The Balaban J connectivity index is 2.24. The lowest BCUT2D eigenvalue weighted by molar-refractivity contribution is 0.447. The molecule has 1 aromatic heterocycles. The molecule has 1 heterocycles. The number of phenols is 2. The van der Waals surface area contributed by atoms with E-state index in [1.165, 1.54) is 16.8 Å². The number of phenolic OH excluding ortho intramolecular Hbond substituents is 2. The Morgan fingerprint density at radius 1 is 1.14 bits per heavy atom. The van der Waals surface area contributed by atoms with Gasteiger partial charge in [-0.15, -0.1) is 17.7 Å². The predicted octanol–water partition coefficient (Wildman–Crippen LogP) is 3.20. The summed E-state index contributed by atoms with van der Waals surface area (Å²) in [5.41, 5.74) is 3.25. The lowest BCUT2D eigenvalue weighted by atomic mass is 10.0. The average molecular weight is 313 g/mol. The fraction of sp³-hybridized carbons (Fsp3) is 0.125. The van der Waals surface area contributed by atoms with Crippen LogP contribution in [-0.4, -0.2) is 25.2 Å². The Kier molecular flexibility index (Phi) is 3.77. The Labute approximate surface area is 133 Å². The van der Waals surface area contributed by atoms with Crippen LogP contribution in [-0.2, 0) is 6.42 Å². The molecule has 0 amide bonds. The van der Waals surface area contributed by atoms with Crippen LogP contribution >= 0.6 is 12.6 Å². The third-order valence-electron chi connectivity index (χ3n) is 3.49. The Hall–Kier alpha value is -2.47. The van der Waals surface area contributed by atoms with E-state index in [4.69, 9.17) is 0 Å². The number of rotatable bonds is 3. The topological polar surface area (TPSA) is 71.2 Å². The zero-order chi connectivity index (χ0) is 15.7. The van der Waals surface area contributed by atoms with Crippen LogP contribution < -0.4 is 0 Å². The molecule has 6 heteroatoms. The molecule has 0 aliphatic carbocycles. The molecular weight excluding hydrogens is 298 g/mol. The first-order valence-electron chi connectivity index (χ1n) is 6.87. The van der Waals surface area contributed by atoms with Gasteiger partial charge in [0.1, 0.15) is 27.9 Å². The van der Waals surface area contributed by atoms with Gasteiger partial charge in [-0.05, 0) is 24.1 Å². The van der Waals surface area contributed by atoms with E-state index >= 15 is 0 Å². The lowest BCUT2D eigenvalue weighted by Crippen LogP contribution is -2.01. The van der Waals surface area contributed by atoms with Crippen molar-refractivity contribution in [3.05, 3.63) is 48.0 Å². The summed E-state index contributed by atoms with van der Waals surface area (Å²) in [6.45, 7) is 2.07. The summed E-state index contributed by atoms with van der Waals surface area (Å²) in [5, 5.41) is 28.1. The molecule has 5 nitrogen and oxygen atoms in total. The molecule has 0 saturated carbocycles. The fourth-order valence-electron chi connectivity index (χ4n) is 2.43. The number of hydrogen-bond acceptors (Lipinski definition) is 5. The SMILES string of the molecule is CCc1ccccc1-c1c(S)nnn1-c1ccc(O)cc1O. The second-order valence-electron chi connectivity index (χ2n) is 4.86. The summed E-state index contributed by atoms with van der Waals surface area (Å²) in [6.07, 6.45) is 0.857. The van der Waals surface area contributed by atoms with Crippen molar-refractivity contribution in [1.29, 1.82) is 0 Å². The van der Waals surface area contributed by atoms with E-state index in [-0.39, 0.29) is 11.5 Å². The van der Waals surface area contributed by atoms with Crippen molar-refractivity contribution in [2.24, 2.45) is 0 Å². The van der Waals surface area contributed by atoms with E-state index in [9.17, 15) is 10.2 Å². The summed E-state index contributed by atoms with van der Waals surface area (Å²) in [6, 6.07) is 12.3. The lowest BCUT2D eigenvalue weighted by Gasteiger charge is -2.12. The van der Waals surface area contributed by atoms with Crippen LogP contribution in [0.3, 0.4) is 0 Å². The molecule has 0 bridgehead atoms. The molecule has 0 radical (unpaired) electrons. The molecule has 0 aliphatic rings. The summed E-state index contributed by atoms with van der Waals surface area (Å²) >= 11 is 4.40. The minimum atomic E-state index is -0.0755. The molecule has 0 aliphatic heterocycles. The maximum atomic E-state index is 10.1. The van der Waals surface area contributed by atoms with Gasteiger partial charge in [0.25, 0.3) is 0 Å². The van der Waals surface area contributed by atoms with Crippen molar-refractivity contribution in [3.8, 4) is 28.4 Å². The highest BCUT2D eigenvalue weighted by molar-refractivity contribution is 7.80. The Morgan fingerprint density at radius 3 is 2.64 bits per heavy atom. The van der Waals surface area contributed by atoms with Crippen LogP contribution in [0.25, 0.3) is 16.9 Å². The largest absolute Gasteiger partial charge is 0.508 e. The molecule has 2 N–H and O–H groups in total. The molecular formula is C16H15N3O2S. The van der Waals surface area contributed by atoms with Crippen LogP contribution in [0, 0.1) is 0 Å². The monoisotopic (exact) mass is 313 g/mol. The van der Waals surface area contributed by atoms with E-state index in [1.807, 2.05) is 24.3 Å². The van der Waals surface area contributed by atoms with Crippen LogP contribution in [0.15, 0.2) is 47.5 Å². The third-order valence-corrected chi connectivity index (χ3v) is 3.79. The number of benzene rings is 2. The van der Waals surface area contributed by atoms with Gasteiger partial charge in [0.2, 0.25) is 0 Å². The molecule has 3 rings (SSSR count). The van der Waals surface area contributed by atoms with Gasteiger partial charge >= 0.3 is 0 Å². The van der Waals surface area contributed by atoms with Gasteiger partial charge in [0, 0.05) is 11.6 Å². The number of hydrogen-bond donors (Lipinski definition) is 3. The zero-order valence-electron chi connectivity index (χ0n) is 11.9. The smallest absolute Gasteiger partial charge is 0.145 e. The Bertz CT molecular complexity index is 830. The zero-order valence-corrected chi connectivity index (χ0v) is 12.8. The maximum Gasteiger partial charge on any atom is 0.145 e. The first kappa shape index (κ1) is 14.5. The Morgan fingerprint density at radius 2 is 1.91 bits per heavy atom. The van der Waals surface area contributed by atoms with Crippen LogP contribution in [0.2, 0.25) is 0 Å². The minimum absolute atomic E-state index is 0.0111. The quantitative estimate of drug-likeness (QED) is 0.649. The first-order chi connectivity index (χ1) is 10.6. The highest BCUT2D eigenvalue weighted by atomic mass is 32.1. The van der Waals surface area contributed by atoms with Crippen LogP contribution in [0.4, 0.5) is 0 Å². The summed E-state index contributed by atoms with van der Waals surface area (Å²) in [7, 11) is 0. The molecule has 0 unspecified atom stereocenters. The molecule has 2 aromatic carbocycles. The van der Waals surface area contributed by atoms with Gasteiger partial charge in [-0.3, -0.25) is 0 Å². The molecule has 0 fully saturated rings. The van der Waals surface area contributed by atoms with E-state index in [0.717, 1.165) is 17.5 Å². The van der Waals surface area contributed by atoms with Crippen molar-refractivity contribution in [1.82, 2.24) is 15.0 Å². The van der Waals surface area contributed by atoms with Crippen molar-refractivity contribution in [3.63, 3.8) is 0 Å². The normalized spacial score (nSPS) is 10.8. The number of thiol groups is 1. The van der Waals surface area contributed by atoms with Crippen molar-refractivity contribution in [2.45, 2.75) is 18.4 Å². The highest BCUT2D eigenvalue weighted by Crippen LogP contribution is 2.34. The fourth-order valence-corrected chi connectivity index (χ4v) is 2.68. The van der Waals surface area contributed by atoms with Gasteiger partial charge < -0.3 is 10.2 Å². The second kappa shape index (κ2) is 5.73. The molecule has 0 spiro atoms. The van der Waals surface area contributed by atoms with E-state index in [0.29, 0.717) is 16.4 Å². The van der Waals surface area contributed by atoms with Gasteiger partial charge in [-0.1, -0.05) is 36.4 Å². The molecule has 112 valence electrons. The van der Waals surface area contributed by atoms with Crippen LogP contribution in [0.5, 0.6) is 11.5 Å². The summed E-state index contributed by atoms with van der Waals surface area (Å²) in [4.78, 5) is 0. The van der Waals surface area contributed by atoms with Crippen molar-refractivity contribution < 1.29 is 10.2 Å². The predicted molar refractivity (Wildman–Crippen MR) is 86.8 cm³/mol. The van der Waals surface area contributed by atoms with E-state index < -0.39 is 0 Å². The second-order valence-corrected chi connectivity index (χ2v) is 5.28. The van der Waals surface area contributed by atoms with Crippen LogP contribution in [0.1, 0.15) is 12.5 Å². The molecule has 0 atom stereocenters. The maximum absolute atomic E-state index is 10.1. The molecule has 22 heavy (non-hydrogen) atoms. The van der Waals surface area contributed by atoms with Crippen molar-refractivity contribution in [2.75, 3.05) is 0 Å². The van der Waals surface area contributed by atoms with Gasteiger partial charge in [0.05, 0.1) is 0 Å². The number of aromatic hydroxyl groups is 2. The summed E-state index contributed by atoms with van der Waals surface area (Å²) in [5.74, 6) is -0.0866. The molecule has 3 aromatic rings. The average Bonchev–Trinajstić information content (AvgIpc) is 2.88. The van der Waals surface area contributed by atoms with E-state index in [1.54, 1.807) is 6.07 Å². The minimum Gasteiger partial charge on any atom is -0.508 e. The number of aromatic nitrogens is 3. The third kappa shape index (κ3) is 2.42. The first-order valence-corrected chi connectivity index (χ1v) is 7.31.